The standard InChI is InChI=1S/C11H14ClNO/c12-10-6-2-1-5-9(10)11(14)7-3-4-8-13/h1-2,5-6H,3-4,7-8,13H2. The zero-order valence-corrected chi connectivity index (χ0v) is 8.76. The van der Waals surface area contributed by atoms with Gasteiger partial charge in [0.25, 0.3) is 0 Å². The van der Waals surface area contributed by atoms with Crippen molar-refractivity contribution < 1.29 is 4.79 Å². The van der Waals surface area contributed by atoms with Crippen LogP contribution in [0, 0.1) is 0 Å². The number of ketones is 1. The normalized spacial score (nSPS) is 10.1. The maximum atomic E-state index is 11.6. The van der Waals surface area contributed by atoms with Gasteiger partial charge in [0, 0.05) is 12.0 Å². The minimum Gasteiger partial charge on any atom is -0.330 e. The zero-order chi connectivity index (χ0) is 10.4. The molecule has 1 rings (SSSR count). The van der Waals surface area contributed by atoms with E-state index in [-0.39, 0.29) is 5.78 Å². The molecule has 0 amide bonds. The lowest BCUT2D eigenvalue weighted by Crippen LogP contribution is -2.03. The Kier molecular flexibility index (Phi) is 4.63. The number of hydrogen-bond donors (Lipinski definition) is 1. The number of hydrogen-bond acceptors (Lipinski definition) is 2. The molecule has 0 radical (unpaired) electrons. The molecule has 2 N–H and O–H groups in total. The first kappa shape index (κ1) is 11.2. The van der Waals surface area contributed by atoms with E-state index in [0.717, 1.165) is 12.8 Å². The van der Waals surface area contributed by atoms with E-state index in [1.165, 1.54) is 0 Å². The van der Waals surface area contributed by atoms with E-state index in [4.69, 9.17) is 17.3 Å². The fraction of sp³-hybridized carbons (Fsp3) is 0.364. The second-order valence-corrected chi connectivity index (χ2v) is 3.56. The van der Waals surface area contributed by atoms with Gasteiger partial charge in [-0.05, 0) is 31.5 Å². The van der Waals surface area contributed by atoms with Gasteiger partial charge < -0.3 is 5.73 Å². The fourth-order valence-corrected chi connectivity index (χ4v) is 1.49. The lowest BCUT2D eigenvalue weighted by atomic mass is 10.1. The molecule has 0 bridgehead atoms. The lowest BCUT2D eigenvalue weighted by molar-refractivity contribution is 0.0980. The molecule has 0 unspecified atom stereocenters. The van der Waals surface area contributed by atoms with Crippen LogP contribution in [0.1, 0.15) is 29.6 Å². The number of rotatable bonds is 5. The average molecular weight is 212 g/mol. The lowest BCUT2D eigenvalue weighted by Gasteiger charge is -2.02. The van der Waals surface area contributed by atoms with Crippen LogP contribution in [-0.2, 0) is 0 Å². The summed E-state index contributed by atoms with van der Waals surface area (Å²) in [5.41, 5.74) is 5.96. The second kappa shape index (κ2) is 5.78. The summed E-state index contributed by atoms with van der Waals surface area (Å²) in [7, 11) is 0. The van der Waals surface area contributed by atoms with Crippen LogP contribution in [0.5, 0.6) is 0 Å². The van der Waals surface area contributed by atoms with Crippen LogP contribution in [0.4, 0.5) is 0 Å². The number of carbonyl (C=O) groups is 1. The van der Waals surface area contributed by atoms with Gasteiger partial charge in [-0.25, -0.2) is 0 Å². The summed E-state index contributed by atoms with van der Waals surface area (Å²) in [6.45, 7) is 0.635. The molecular formula is C11H14ClNO. The molecule has 1 aromatic rings. The first-order valence-electron chi connectivity index (χ1n) is 4.73. The Hall–Kier alpha value is -0.860. The Labute approximate surface area is 89.1 Å². The predicted octanol–water partition coefficient (Wildman–Crippen LogP) is 2.65. The Balaban J connectivity index is 2.56. The monoisotopic (exact) mass is 211 g/mol. The molecule has 0 spiro atoms. The molecule has 0 aliphatic heterocycles. The summed E-state index contributed by atoms with van der Waals surface area (Å²) in [5.74, 6) is 0.101. The van der Waals surface area contributed by atoms with E-state index in [1.807, 2.05) is 12.1 Å². The molecule has 0 saturated heterocycles. The van der Waals surface area contributed by atoms with Crippen LogP contribution in [0.15, 0.2) is 24.3 Å². The molecule has 0 aliphatic carbocycles. The third kappa shape index (κ3) is 3.13. The zero-order valence-electron chi connectivity index (χ0n) is 8.00. The van der Waals surface area contributed by atoms with Crippen molar-refractivity contribution >= 4 is 17.4 Å². The molecule has 0 aliphatic rings. The van der Waals surface area contributed by atoms with Gasteiger partial charge in [0.15, 0.2) is 5.78 Å². The van der Waals surface area contributed by atoms with Crippen molar-refractivity contribution in [2.24, 2.45) is 5.73 Å². The Bertz CT molecular complexity index is 312. The summed E-state index contributed by atoms with van der Waals surface area (Å²) in [6.07, 6.45) is 2.25. The van der Waals surface area contributed by atoms with Crippen molar-refractivity contribution in [3.05, 3.63) is 34.9 Å². The van der Waals surface area contributed by atoms with E-state index < -0.39 is 0 Å². The second-order valence-electron chi connectivity index (χ2n) is 3.15. The number of halogens is 1. The van der Waals surface area contributed by atoms with Gasteiger partial charge in [0.2, 0.25) is 0 Å². The number of Topliss-reactive ketones (excluding diaryl/α,β-unsaturated/α-hetero) is 1. The molecular weight excluding hydrogens is 198 g/mol. The Morgan fingerprint density at radius 1 is 1.29 bits per heavy atom. The van der Waals surface area contributed by atoms with Gasteiger partial charge in [-0.15, -0.1) is 0 Å². The molecule has 0 aromatic heterocycles. The average Bonchev–Trinajstić information content (AvgIpc) is 2.18. The Morgan fingerprint density at radius 2 is 2.00 bits per heavy atom. The highest BCUT2D eigenvalue weighted by atomic mass is 35.5. The van der Waals surface area contributed by atoms with Crippen molar-refractivity contribution in [3.8, 4) is 0 Å². The van der Waals surface area contributed by atoms with Gasteiger partial charge in [-0.1, -0.05) is 23.7 Å². The van der Waals surface area contributed by atoms with Crippen LogP contribution < -0.4 is 5.73 Å². The molecule has 76 valence electrons. The highest BCUT2D eigenvalue weighted by molar-refractivity contribution is 6.33. The van der Waals surface area contributed by atoms with Crippen molar-refractivity contribution in [1.82, 2.24) is 0 Å². The predicted molar refractivity (Wildman–Crippen MR) is 58.7 cm³/mol. The maximum Gasteiger partial charge on any atom is 0.164 e. The third-order valence-electron chi connectivity index (χ3n) is 2.03. The van der Waals surface area contributed by atoms with Gasteiger partial charge in [0.05, 0.1) is 5.02 Å². The van der Waals surface area contributed by atoms with E-state index >= 15 is 0 Å². The van der Waals surface area contributed by atoms with Crippen LogP contribution in [0.3, 0.4) is 0 Å². The fourth-order valence-electron chi connectivity index (χ4n) is 1.25. The topological polar surface area (TPSA) is 43.1 Å². The molecule has 3 heteroatoms. The minimum atomic E-state index is 0.101. The number of carbonyl (C=O) groups excluding carboxylic acids is 1. The van der Waals surface area contributed by atoms with Crippen LogP contribution in [-0.4, -0.2) is 12.3 Å². The van der Waals surface area contributed by atoms with E-state index in [9.17, 15) is 4.79 Å². The number of benzene rings is 1. The maximum absolute atomic E-state index is 11.6. The molecule has 0 fully saturated rings. The number of nitrogens with two attached hydrogens (primary N) is 1. The molecule has 0 heterocycles. The summed E-state index contributed by atoms with van der Waals surface area (Å²) in [6, 6.07) is 7.13. The summed E-state index contributed by atoms with van der Waals surface area (Å²) >= 11 is 5.89. The molecule has 14 heavy (non-hydrogen) atoms. The van der Waals surface area contributed by atoms with Crippen molar-refractivity contribution in [2.75, 3.05) is 6.54 Å². The first-order chi connectivity index (χ1) is 6.75. The van der Waals surface area contributed by atoms with Gasteiger partial charge in [-0.3, -0.25) is 4.79 Å². The van der Waals surface area contributed by atoms with E-state index in [2.05, 4.69) is 0 Å². The Morgan fingerprint density at radius 3 is 2.64 bits per heavy atom. The van der Waals surface area contributed by atoms with Gasteiger partial charge in [-0.2, -0.15) is 0 Å². The van der Waals surface area contributed by atoms with Crippen molar-refractivity contribution in [3.63, 3.8) is 0 Å². The van der Waals surface area contributed by atoms with Gasteiger partial charge >= 0.3 is 0 Å². The van der Waals surface area contributed by atoms with Gasteiger partial charge in [0.1, 0.15) is 0 Å². The first-order valence-corrected chi connectivity index (χ1v) is 5.11. The molecule has 0 saturated carbocycles. The molecule has 1 aromatic carbocycles. The minimum absolute atomic E-state index is 0.101. The molecule has 0 atom stereocenters. The van der Waals surface area contributed by atoms with Crippen molar-refractivity contribution in [2.45, 2.75) is 19.3 Å². The highest BCUT2D eigenvalue weighted by Crippen LogP contribution is 2.17. The third-order valence-corrected chi connectivity index (χ3v) is 2.36. The van der Waals surface area contributed by atoms with Crippen LogP contribution in [0.2, 0.25) is 5.02 Å². The smallest absolute Gasteiger partial charge is 0.164 e. The van der Waals surface area contributed by atoms with Crippen LogP contribution in [0.25, 0.3) is 0 Å². The quantitative estimate of drug-likeness (QED) is 0.601. The molecule has 2 nitrogen and oxygen atoms in total. The SMILES string of the molecule is NCCCCC(=O)c1ccccc1Cl. The van der Waals surface area contributed by atoms with E-state index in [1.54, 1.807) is 12.1 Å². The largest absolute Gasteiger partial charge is 0.330 e. The van der Waals surface area contributed by atoms with Crippen LogP contribution >= 0.6 is 11.6 Å². The van der Waals surface area contributed by atoms with E-state index in [0.29, 0.717) is 23.6 Å². The van der Waals surface area contributed by atoms with Crippen molar-refractivity contribution in [1.29, 1.82) is 0 Å². The summed E-state index contributed by atoms with van der Waals surface area (Å²) < 4.78 is 0. The summed E-state index contributed by atoms with van der Waals surface area (Å²) in [5, 5.41) is 0.533. The summed E-state index contributed by atoms with van der Waals surface area (Å²) in [4.78, 5) is 11.6. The highest BCUT2D eigenvalue weighted by Gasteiger charge is 2.08. The number of unbranched alkanes of at least 4 members (excludes halogenated alkanes) is 1.